The van der Waals surface area contributed by atoms with Gasteiger partial charge in [-0.05, 0) is 48.5 Å². The molecule has 0 aliphatic rings. The molecule has 0 aliphatic heterocycles. The molecule has 0 aliphatic carbocycles. The number of hydrogen-bond acceptors (Lipinski definition) is 5. The van der Waals surface area contributed by atoms with E-state index in [4.69, 9.17) is 4.42 Å². The van der Waals surface area contributed by atoms with Crippen LogP contribution in [0.2, 0.25) is 0 Å². The van der Waals surface area contributed by atoms with Crippen LogP contribution in [-0.4, -0.2) is 16.8 Å². The molecule has 0 radical (unpaired) electrons. The molecule has 1 unspecified atom stereocenters. The number of carbonyl (C=O) groups excluding carboxylic acids is 2. The predicted molar refractivity (Wildman–Crippen MR) is 112 cm³/mol. The van der Waals surface area contributed by atoms with Crippen molar-refractivity contribution in [1.82, 2.24) is 5.32 Å². The minimum Gasteiger partial charge on any atom is -0.507 e. The van der Waals surface area contributed by atoms with Gasteiger partial charge < -0.3 is 14.8 Å². The average molecular weight is 417 g/mol. The molecule has 2 N–H and O–H groups in total. The summed E-state index contributed by atoms with van der Waals surface area (Å²) in [6.07, 6.45) is 0. The zero-order valence-electron chi connectivity index (χ0n) is 16.0. The molecule has 1 atom stereocenters. The predicted octanol–water partition coefficient (Wildman–Crippen LogP) is 3.99. The molecular weight excluding hydrogens is 401 g/mol. The highest BCUT2D eigenvalue weighted by Crippen LogP contribution is 2.31. The number of aromatic hydroxyl groups is 1. The van der Waals surface area contributed by atoms with Gasteiger partial charge in [0.15, 0.2) is 5.78 Å². The van der Waals surface area contributed by atoms with Crippen molar-refractivity contribution in [2.45, 2.75) is 6.04 Å². The molecule has 154 valence electrons. The largest absolute Gasteiger partial charge is 0.507 e. The fraction of sp³-hybridized carbons (Fsp3) is 0.0417. The van der Waals surface area contributed by atoms with Crippen LogP contribution in [0.15, 0.2) is 88.1 Å². The summed E-state index contributed by atoms with van der Waals surface area (Å²) in [5.41, 5.74) is -0.936. The summed E-state index contributed by atoms with van der Waals surface area (Å²) < 4.78 is 18.6. The fourth-order valence-electron chi connectivity index (χ4n) is 3.26. The standard InChI is InChI=1S/C24H16FNO5/c25-16-12-10-14(11-13-16)21(27)20(26-23(29)15-6-2-1-3-7-15)19-22(28)17-8-4-5-9-18(17)31-24(19)30/h1-13,20,28H,(H,26,29). The van der Waals surface area contributed by atoms with Crippen LogP contribution in [0.4, 0.5) is 4.39 Å². The Balaban J connectivity index is 1.85. The van der Waals surface area contributed by atoms with E-state index in [0.29, 0.717) is 0 Å². The highest BCUT2D eigenvalue weighted by molar-refractivity contribution is 6.05. The first-order valence-electron chi connectivity index (χ1n) is 9.36. The Morgan fingerprint density at radius 1 is 0.871 bits per heavy atom. The van der Waals surface area contributed by atoms with Gasteiger partial charge in [0, 0.05) is 11.1 Å². The highest BCUT2D eigenvalue weighted by Gasteiger charge is 2.31. The summed E-state index contributed by atoms with van der Waals surface area (Å²) >= 11 is 0. The minimum absolute atomic E-state index is 0.0479. The molecule has 0 bridgehead atoms. The van der Waals surface area contributed by atoms with Gasteiger partial charge in [-0.1, -0.05) is 30.3 Å². The van der Waals surface area contributed by atoms with Crippen molar-refractivity contribution in [3.63, 3.8) is 0 Å². The number of para-hydroxylation sites is 1. The Bertz CT molecular complexity index is 1330. The molecule has 0 spiro atoms. The Morgan fingerprint density at radius 3 is 2.23 bits per heavy atom. The first-order valence-corrected chi connectivity index (χ1v) is 9.36. The summed E-state index contributed by atoms with van der Waals surface area (Å²) in [6.45, 7) is 0. The van der Waals surface area contributed by atoms with Gasteiger partial charge in [0.25, 0.3) is 5.91 Å². The summed E-state index contributed by atoms with van der Waals surface area (Å²) in [7, 11) is 0. The van der Waals surface area contributed by atoms with Crippen molar-refractivity contribution >= 4 is 22.7 Å². The number of Topliss-reactive ketones (excluding diaryl/α,β-unsaturated/α-hetero) is 1. The van der Waals surface area contributed by atoms with Crippen LogP contribution in [0.25, 0.3) is 11.0 Å². The van der Waals surface area contributed by atoms with Gasteiger partial charge in [0.2, 0.25) is 0 Å². The molecule has 7 heteroatoms. The van der Waals surface area contributed by atoms with Gasteiger partial charge in [0.1, 0.15) is 28.8 Å². The third kappa shape index (κ3) is 3.93. The number of carbonyl (C=O) groups is 2. The maximum absolute atomic E-state index is 13.3. The molecule has 31 heavy (non-hydrogen) atoms. The second-order valence-electron chi connectivity index (χ2n) is 6.79. The van der Waals surface area contributed by atoms with Crippen LogP contribution in [0.5, 0.6) is 5.75 Å². The second-order valence-corrected chi connectivity index (χ2v) is 6.79. The molecule has 0 saturated carbocycles. The number of benzene rings is 3. The lowest BCUT2D eigenvalue weighted by molar-refractivity contribution is 0.0854. The molecule has 0 fully saturated rings. The molecule has 6 nitrogen and oxygen atoms in total. The normalized spacial score (nSPS) is 11.8. The number of rotatable bonds is 5. The van der Waals surface area contributed by atoms with Gasteiger partial charge in [0.05, 0.1) is 5.39 Å². The lowest BCUT2D eigenvalue weighted by atomic mass is 9.96. The topological polar surface area (TPSA) is 96.6 Å². The number of nitrogens with one attached hydrogen (secondary N) is 1. The molecule has 3 aromatic carbocycles. The maximum atomic E-state index is 13.3. The number of halogens is 1. The summed E-state index contributed by atoms with van der Waals surface area (Å²) in [5, 5.41) is 13.5. The summed E-state index contributed by atoms with van der Waals surface area (Å²) in [5.74, 6) is -2.36. The van der Waals surface area contributed by atoms with Gasteiger partial charge in [-0.3, -0.25) is 9.59 Å². The summed E-state index contributed by atoms with van der Waals surface area (Å²) in [4.78, 5) is 38.7. The van der Waals surface area contributed by atoms with Gasteiger partial charge in [-0.15, -0.1) is 0 Å². The number of hydrogen-bond donors (Lipinski definition) is 2. The molecular formula is C24H16FNO5. The minimum atomic E-state index is -1.56. The average Bonchev–Trinajstić information content (AvgIpc) is 2.79. The fourth-order valence-corrected chi connectivity index (χ4v) is 3.26. The van der Waals surface area contributed by atoms with Crippen molar-refractivity contribution in [2.24, 2.45) is 0 Å². The number of amides is 1. The van der Waals surface area contributed by atoms with Crippen molar-refractivity contribution in [3.8, 4) is 5.75 Å². The second kappa shape index (κ2) is 8.23. The van der Waals surface area contributed by atoms with Crippen molar-refractivity contribution < 1.29 is 23.5 Å². The van der Waals surface area contributed by atoms with E-state index >= 15 is 0 Å². The number of fused-ring (bicyclic) bond motifs is 1. The lowest BCUT2D eigenvalue weighted by Gasteiger charge is -2.19. The van der Waals surface area contributed by atoms with E-state index in [1.807, 2.05) is 0 Å². The Morgan fingerprint density at radius 2 is 1.52 bits per heavy atom. The third-order valence-electron chi connectivity index (χ3n) is 4.81. The van der Waals surface area contributed by atoms with Gasteiger partial charge >= 0.3 is 5.63 Å². The van der Waals surface area contributed by atoms with E-state index < -0.39 is 40.5 Å². The third-order valence-corrected chi connectivity index (χ3v) is 4.81. The maximum Gasteiger partial charge on any atom is 0.345 e. The Kier molecular flexibility index (Phi) is 5.32. The first kappa shape index (κ1) is 20.0. The number of ketones is 1. The smallest absolute Gasteiger partial charge is 0.345 e. The monoisotopic (exact) mass is 417 g/mol. The van der Waals surface area contributed by atoms with Crippen LogP contribution >= 0.6 is 0 Å². The molecule has 4 aromatic rings. The van der Waals surface area contributed by atoms with E-state index in [1.54, 1.807) is 30.3 Å². The van der Waals surface area contributed by atoms with Crippen molar-refractivity contribution in [2.75, 3.05) is 0 Å². The van der Waals surface area contributed by atoms with E-state index in [-0.39, 0.29) is 22.1 Å². The van der Waals surface area contributed by atoms with Gasteiger partial charge in [-0.2, -0.15) is 0 Å². The van der Waals surface area contributed by atoms with Gasteiger partial charge in [-0.25, -0.2) is 9.18 Å². The van der Waals surface area contributed by atoms with Crippen LogP contribution in [-0.2, 0) is 0 Å². The molecule has 4 rings (SSSR count). The van der Waals surface area contributed by atoms with Crippen molar-refractivity contribution in [3.05, 3.63) is 112 Å². The molecule has 1 heterocycles. The summed E-state index contributed by atoms with van der Waals surface area (Å²) in [6, 6.07) is 17.5. The molecule has 1 aromatic heterocycles. The Hall–Kier alpha value is -4.26. The van der Waals surface area contributed by atoms with E-state index in [2.05, 4.69) is 5.32 Å². The zero-order chi connectivity index (χ0) is 22.0. The van der Waals surface area contributed by atoms with Crippen LogP contribution in [0, 0.1) is 5.82 Å². The quantitative estimate of drug-likeness (QED) is 0.378. The Labute approximate surface area is 175 Å². The van der Waals surface area contributed by atoms with Crippen LogP contribution in [0.1, 0.15) is 32.3 Å². The van der Waals surface area contributed by atoms with Crippen LogP contribution in [0.3, 0.4) is 0 Å². The molecule has 0 saturated heterocycles. The highest BCUT2D eigenvalue weighted by atomic mass is 19.1. The zero-order valence-corrected chi connectivity index (χ0v) is 16.0. The van der Waals surface area contributed by atoms with E-state index in [9.17, 15) is 23.9 Å². The van der Waals surface area contributed by atoms with E-state index in [0.717, 1.165) is 12.1 Å². The first-order chi connectivity index (χ1) is 15.0. The lowest BCUT2D eigenvalue weighted by Crippen LogP contribution is -2.36. The van der Waals surface area contributed by atoms with E-state index in [1.165, 1.54) is 36.4 Å². The van der Waals surface area contributed by atoms with Crippen LogP contribution < -0.4 is 10.9 Å². The van der Waals surface area contributed by atoms with Crippen molar-refractivity contribution in [1.29, 1.82) is 0 Å². The molecule has 1 amide bonds. The SMILES string of the molecule is O=C(NC(C(=O)c1ccc(F)cc1)c1c(O)c2ccccc2oc1=O)c1ccccc1.